The lowest BCUT2D eigenvalue weighted by atomic mass is 10.1. The minimum Gasteiger partial charge on any atom is -0.480 e. The summed E-state index contributed by atoms with van der Waals surface area (Å²) >= 11 is 0. The molecule has 4 N–H and O–H groups in total. The molecule has 8 heteroatoms. The fourth-order valence-electron chi connectivity index (χ4n) is 1.47. The largest absolute Gasteiger partial charge is 0.480 e. The Kier molecular flexibility index (Phi) is 5.13. The Morgan fingerprint density at radius 3 is 2.20 bits per heavy atom. The third kappa shape index (κ3) is 4.63. The normalized spacial score (nSPS) is 11.7. The van der Waals surface area contributed by atoms with Crippen LogP contribution in [0, 0.1) is 11.6 Å². The molecular formula is C12H12F2N2O4. The average Bonchev–Trinajstić information content (AvgIpc) is 2.32. The Labute approximate surface area is 112 Å². The number of carboxylic acids is 1. The summed E-state index contributed by atoms with van der Waals surface area (Å²) in [6.07, 6.45) is -0.455. The number of rotatable bonds is 6. The summed E-state index contributed by atoms with van der Waals surface area (Å²) in [5, 5.41) is 10.9. The summed E-state index contributed by atoms with van der Waals surface area (Å²) in [6, 6.07) is 0.747. The van der Waals surface area contributed by atoms with Gasteiger partial charge in [0, 0.05) is 18.1 Å². The van der Waals surface area contributed by atoms with E-state index in [9.17, 15) is 23.2 Å². The van der Waals surface area contributed by atoms with E-state index in [4.69, 9.17) is 10.8 Å². The summed E-state index contributed by atoms with van der Waals surface area (Å²) in [5.41, 5.74) is 4.52. The standard InChI is InChI=1S/C12H12F2N2O4/c13-7-3-6(4-8(14)5-7)11(18)16-9(12(19)20)1-2-10(15)17/h3-5,9H,1-2H2,(H2,15,17)(H,16,18)(H,19,20)/t9-/m0/s1. The number of hydrogen-bond acceptors (Lipinski definition) is 3. The molecule has 0 saturated carbocycles. The molecule has 0 fully saturated rings. The van der Waals surface area contributed by atoms with Crippen LogP contribution in [-0.2, 0) is 9.59 Å². The molecule has 0 bridgehead atoms. The van der Waals surface area contributed by atoms with Gasteiger partial charge in [-0.1, -0.05) is 0 Å². The van der Waals surface area contributed by atoms with Crippen molar-refractivity contribution in [3.05, 3.63) is 35.4 Å². The van der Waals surface area contributed by atoms with Gasteiger partial charge in [-0.3, -0.25) is 9.59 Å². The van der Waals surface area contributed by atoms with E-state index in [1.165, 1.54) is 0 Å². The summed E-state index contributed by atoms with van der Waals surface area (Å²) in [6.45, 7) is 0. The number of primary amides is 1. The highest BCUT2D eigenvalue weighted by Gasteiger charge is 2.21. The topological polar surface area (TPSA) is 109 Å². The molecule has 0 radical (unpaired) electrons. The lowest BCUT2D eigenvalue weighted by Gasteiger charge is -2.13. The van der Waals surface area contributed by atoms with Crippen LogP contribution in [-0.4, -0.2) is 28.9 Å². The second kappa shape index (κ2) is 6.60. The maximum absolute atomic E-state index is 12.9. The second-order valence-electron chi connectivity index (χ2n) is 4.03. The number of hydrogen-bond donors (Lipinski definition) is 3. The molecule has 1 atom stereocenters. The zero-order chi connectivity index (χ0) is 15.3. The third-order valence-electron chi connectivity index (χ3n) is 2.41. The van der Waals surface area contributed by atoms with Crippen molar-refractivity contribution >= 4 is 17.8 Å². The number of amides is 2. The van der Waals surface area contributed by atoms with Gasteiger partial charge in [-0.25, -0.2) is 13.6 Å². The number of halogens is 2. The third-order valence-corrected chi connectivity index (χ3v) is 2.41. The SMILES string of the molecule is NC(=O)CC[C@H](NC(=O)c1cc(F)cc(F)c1)C(=O)O. The molecule has 6 nitrogen and oxygen atoms in total. The Bertz CT molecular complexity index is 528. The molecular weight excluding hydrogens is 274 g/mol. The summed E-state index contributed by atoms with van der Waals surface area (Å²) < 4.78 is 25.9. The van der Waals surface area contributed by atoms with Crippen molar-refractivity contribution in [1.82, 2.24) is 5.32 Å². The van der Waals surface area contributed by atoms with Gasteiger partial charge in [0.1, 0.15) is 17.7 Å². The highest BCUT2D eigenvalue weighted by atomic mass is 19.1. The zero-order valence-corrected chi connectivity index (χ0v) is 10.2. The molecule has 0 heterocycles. The molecule has 108 valence electrons. The number of nitrogens with one attached hydrogen (secondary N) is 1. The molecule has 0 spiro atoms. The van der Waals surface area contributed by atoms with E-state index >= 15 is 0 Å². The molecule has 0 aliphatic carbocycles. The van der Waals surface area contributed by atoms with Gasteiger partial charge in [-0.2, -0.15) is 0 Å². The van der Waals surface area contributed by atoms with Crippen molar-refractivity contribution < 1.29 is 28.3 Å². The van der Waals surface area contributed by atoms with Crippen LogP contribution in [0.15, 0.2) is 18.2 Å². The van der Waals surface area contributed by atoms with Crippen molar-refractivity contribution in [1.29, 1.82) is 0 Å². The molecule has 0 unspecified atom stereocenters. The van der Waals surface area contributed by atoms with E-state index in [0.717, 1.165) is 12.1 Å². The Morgan fingerprint density at radius 2 is 1.75 bits per heavy atom. The van der Waals surface area contributed by atoms with Crippen LogP contribution >= 0.6 is 0 Å². The predicted octanol–water partition coefficient (Wildman–Crippen LogP) is 0.413. The fraction of sp³-hybridized carbons (Fsp3) is 0.250. The number of benzene rings is 1. The summed E-state index contributed by atoms with van der Waals surface area (Å²) in [5.74, 6) is -4.97. The van der Waals surface area contributed by atoms with Gasteiger partial charge in [0.05, 0.1) is 0 Å². The van der Waals surface area contributed by atoms with E-state index in [2.05, 4.69) is 5.32 Å². The van der Waals surface area contributed by atoms with Crippen molar-refractivity contribution in [2.75, 3.05) is 0 Å². The smallest absolute Gasteiger partial charge is 0.326 e. The van der Waals surface area contributed by atoms with E-state index < -0.39 is 35.5 Å². The highest BCUT2D eigenvalue weighted by molar-refractivity contribution is 5.96. The number of nitrogens with two attached hydrogens (primary N) is 1. The van der Waals surface area contributed by atoms with Gasteiger partial charge in [-0.15, -0.1) is 0 Å². The van der Waals surface area contributed by atoms with Crippen LogP contribution in [0.4, 0.5) is 8.78 Å². The van der Waals surface area contributed by atoms with Gasteiger partial charge in [0.2, 0.25) is 5.91 Å². The minimum atomic E-state index is -1.38. The van der Waals surface area contributed by atoms with Crippen molar-refractivity contribution in [2.45, 2.75) is 18.9 Å². The van der Waals surface area contributed by atoms with Crippen LogP contribution in [0.1, 0.15) is 23.2 Å². The van der Waals surface area contributed by atoms with Crippen molar-refractivity contribution in [2.24, 2.45) is 5.73 Å². The Morgan fingerprint density at radius 1 is 1.20 bits per heavy atom. The Hall–Kier alpha value is -2.51. The van der Waals surface area contributed by atoms with Crippen molar-refractivity contribution in [3.8, 4) is 0 Å². The van der Waals surface area contributed by atoms with Gasteiger partial charge >= 0.3 is 5.97 Å². The molecule has 0 aliphatic rings. The van der Waals surface area contributed by atoms with Crippen LogP contribution < -0.4 is 11.1 Å². The zero-order valence-electron chi connectivity index (χ0n) is 10.2. The molecule has 0 saturated heterocycles. The number of carboxylic acid groups (broad SMARTS) is 1. The number of carbonyl (C=O) groups excluding carboxylic acids is 2. The molecule has 2 amide bonds. The molecule has 1 aromatic carbocycles. The van der Waals surface area contributed by atoms with Gasteiger partial charge in [-0.05, 0) is 18.6 Å². The molecule has 1 aromatic rings. The van der Waals surface area contributed by atoms with E-state index in [1.54, 1.807) is 0 Å². The first-order valence-corrected chi connectivity index (χ1v) is 5.57. The summed E-state index contributed by atoms with van der Waals surface area (Å²) in [4.78, 5) is 33.2. The predicted molar refractivity (Wildman–Crippen MR) is 63.7 cm³/mol. The number of carbonyl (C=O) groups is 3. The monoisotopic (exact) mass is 286 g/mol. The first-order chi connectivity index (χ1) is 9.29. The average molecular weight is 286 g/mol. The minimum absolute atomic E-state index is 0.214. The van der Waals surface area contributed by atoms with E-state index in [-0.39, 0.29) is 18.4 Å². The van der Waals surface area contributed by atoms with Crippen LogP contribution in [0.5, 0.6) is 0 Å². The first kappa shape index (κ1) is 15.5. The summed E-state index contributed by atoms with van der Waals surface area (Å²) in [7, 11) is 0. The number of aliphatic carboxylic acids is 1. The second-order valence-corrected chi connectivity index (χ2v) is 4.03. The molecule has 1 rings (SSSR count). The maximum Gasteiger partial charge on any atom is 0.326 e. The van der Waals surface area contributed by atoms with Crippen LogP contribution in [0.25, 0.3) is 0 Å². The van der Waals surface area contributed by atoms with E-state index in [0.29, 0.717) is 6.07 Å². The highest BCUT2D eigenvalue weighted by Crippen LogP contribution is 2.09. The first-order valence-electron chi connectivity index (χ1n) is 5.57. The molecule has 0 aliphatic heterocycles. The van der Waals surface area contributed by atoms with Gasteiger partial charge in [0.25, 0.3) is 5.91 Å². The molecule has 20 heavy (non-hydrogen) atoms. The van der Waals surface area contributed by atoms with E-state index in [1.807, 2.05) is 0 Å². The maximum atomic E-state index is 12.9. The van der Waals surface area contributed by atoms with Gasteiger partial charge in [0.15, 0.2) is 0 Å². The molecule has 0 aromatic heterocycles. The lowest BCUT2D eigenvalue weighted by molar-refractivity contribution is -0.139. The van der Waals surface area contributed by atoms with Crippen LogP contribution in [0.3, 0.4) is 0 Å². The van der Waals surface area contributed by atoms with Crippen molar-refractivity contribution in [3.63, 3.8) is 0 Å². The quantitative estimate of drug-likeness (QED) is 0.703. The fourth-order valence-corrected chi connectivity index (χ4v) is 1.47. The van der Waals surface area contributed by atoms with Crippen LogP contribution in [0.2, 0.25) is 0 Å². The Balaban J connectivity index is 2.79. The lowest BCUT2D eigenvalue weighted by Crippen LogP contribution is -2.41. The van der Waals surface area contributed by atoms with Gasteiger partial charge < -0.3 is 16.2 Å².